The fourth-order valence-electron chi connectivity index (χ4n) is 1.79. The number of anilines is 2. The van der Waals surface area contributed by atoms with Crippen molar-refractivity contribution >= 4 is 17.3 Å². The van der Waals surface area contributed by atoms with Crippen LogP contribution in [0.1, 0.15) is 18.4 Å². The Kier molecular flexibility index (Phi) is 3.49. The highest BCUT2D eigenvalue weighted by Crippen LogP contribution is 2.32. The Balaban J connectivity index is 2.16. The van der Waals surface area contributed by atoms with Crippen LogP contribution >= 0.6 is 0 Å². The van der Waals surface area contributed by atoms with Crippen molar-refractivity contribution in [3.8, 4) is 5.75 Å². The SMILES string of the molecule is Nc1cc2c(cc1OCCCO)CCC(=O)N2. The number of carbonyl (C=O) groups is 1. The molecule has 4 N–H and O–H groups in total. The van der Waals surface area contributed by atoms with E-state index in [2.05, 4.69) is 5.32 Å². The highest BCUT2D eigenvalue weighted by molar-refractivity contribution is 5.94. The molecule has 0 saturated carbocycles. The molecule has 1 aliphatic heterocycles. The van der Waals surface area contributed by atoms with Crippen LogP contribution in [-0.4, -0.2) is 24.2 Å². The average Bonchev–Trinajstić information content (AvgIpc) is 2.30. The first-order valence-electron chi connectivity index (χ1n) is 5.66. The number of benzene rings is 1. The molecule has 1 aromatic rings. The number of aliphatic hydroxyl groups is 1. The summed E-state index contributed by atoms with van der Waals surface area (Å²) >= 11 is 0. The van der Waals surface area contributed by atoms with Crippen LogP contribution in [0, 0.1) is 0 Å². The van der Waals surface area contributed by atoms with Crippen LogP contribution in [0.5, 0.6) is 5.75 Å². The molecular weight excluding hydrogens is 220 g/mol. The Labute approximate surface area is 99.6 Å². The number of hydrogen-bond donors (Lipinski definition) is 3. The lowest BCUT2D eigenvalue weighted by Gasteiger charge is -2.19. The van der Waals surface area contributed by atoms with Crippen molar-refractivity contribution in [2.75, 3.05) is 24.3 Å². The molecule has 2 rings (SSSR count). The van der Waals surface area contributed by atoms with E-state index in [0.29, 0.717) is 37.3 Å². The number of rotatable bonds is 4. The summed E-state index contributed by atoms with van der Waals surface area (Å²) in [7, 11) is 0. The van der Waals surface area contributed by atoms with Crippen LogP contribution in [0.4, 0.5) is 11.4 Å². The van der Waals surface area contributed by atoms with Gasteiger partial charge in [-0.05, 0) is 24.1 Å². The maximum absolute atomic E-state index is 11.2. The van der Waals surface area contributed by atoms with Gasteiger partial charge in [0.1, 0.15) is 5.75 Å². The normalized spacial score (nSPS) is 14.1. The predicted octanol–water partition coefficient (Wildman–Crippen LogP) is 0.915. The molecule has 1 amide bonds. The van der Waals surface area contributed by atoms with Gasteiger partial charge in [-0.15, -0.1) is 0 Å². The standard InChI is InChI=1S/C12H16N2O3/c13-9-7-10-8(2-3-12(16)14-10)6-11(9)17-5-1-4-15/h6-7,15H,1-5,13H2,(H,14,16). The van der Waals surface area contributed by atoms with Gasteiger partial charge in [-0.25, -0.2) is 0 Å². The number of nitrogen functional groups attached to an aromatic ring is 1. The topological polar surface area (TPSA) is 84.6 Å². The molecule has 17 heavy (non-hydrogen) atoms. The molecule has 0 aliphatic carbocycles. The zero-order chi connectivity index (χ0) is 12.3. The fraction of sp³-hybridized carbons (Fsp3) is 0.417. The molecule has 0 aromatic heterocycles. The maximum Gasteiger partial charge on any atom is 0.224 e. The minimum absolute atomic E-state index is 0.0193. The van der Waals surface area contributed by atoms with Gasteiger partial charge in [0.15, 0.2) is 0 Å². The molecule has 0 saturated heterocycles. The van der Waals surface area contributed by atoms with Crippen molar-refractivity contribution in [3.05, 3.63) is 17.7 Å². The number of amides is 1. The minimum atomic E-state index is 0.0193. The molecule has 1 heterocycles. The molecular formula is C12H16N2O3. The van der Waals surface area contributed by atoms with Gasteiger partial charge < -0.3 is 20.9 Å². The van der Waals surface area contributed by atoms with E-state index in [1.54, 1.807) is 6.07 Å². The number of fused-ring (bicyclic) bond motifs is 1. The summed E-state index contributed by atoms with van der Waals surface area (Å²) in [6, 6.07) is 3.59. The Morgan fingerprint density at radius 3 is 3.00 bits per heavy atom. The summed E-state index contributed by atoms with van der Waals surface area (Å²) in [4.78, 5) is 11.2. The van der Waals surface area contributed by atoms with E-state index in [4.69, 9.17) is 15.6 Å². The third-order valence-electron chi connectivity index (χ3n) is 2.69. The highest BCUT2D eigenvalue weighted by atomic mass is 16.5. The van der Waals surface area contributed by atoms with Gasteiger partial charge in [-0.3, -0.25) is 4.79 Å². The molecule has 1 aromatic carbocycles. The number of ether oxygens (including phenoxy) is 1. The summed E-state index contributed by atoms with van der Waals surface area (Å²) in [5.74, 6) is 0.638. The number of hydrogen-bond acceptors (Lipinski definition) is 4. The fourth-order valence-corrected chi connectivity index (χ4v) is 1.79. The predicted molar refractivity (Wildman–Crippen MR) is 65.0 cm³/mol. The second-order valence-corrected chi connectivity index (χ2v) is 4.02. The van der Waals surface area contributed by atoms with Crippen molar-refractivity contribution in [2.24, 2.45) is 0 Å². The first-order valence-corrected chi connectivity index (χ1v) is 5.66. The number of carbonyl (C=O) groups excluding carboxylic acids is 1. The van der Waals surface area contributed by atoms with Crippen LogP contribution in [0.25, 0.3) is 0 Å². The Morgan fingerprint density at radius 2 is 2.24 bits per heavy atom. The van der Waals surface area contributed by atoms with Gasteiger partial charge in [0.2, 0.25) is 5.91 Å². The smallest absolute Gasteiger partial charge is 0.224 e. The molecule has 5 heteroatoms. The van der Waals surface area contributed by atoms with Crippen LogP contribution in [0.3, 0.4) is 0 Å². The van der Waals surface area contributed by atoms with Gasteiger partial charge in [-0.1, -0.05) is 0 Å². The molecule has 0 radical (unpaired) electrons. The number of nitrogens with two attached hydrogens (primary N) is 1. The summed E-state index contributed by atoms with van der Waals surface area (Å²) in [6.07, 6.45) is 1.78. The molecule has 0 unspecified atom stereocenters. The maximum atomic E-state index is 11.2. The van der Waals surface area contributed by atoms with Crippen LogP contribution in [-0.2, 0) is 11.2 Å². The third kappa shape index (κ3) is 2.68. The molecule has 1 aliphatic rings. The van der Waals surface area contributed by atoms with E-state index >= 15 is 0 Å². The summed E-state index contributed by atoms with van der Waals surface area (Å²) in [5.41, 5.74) is 8.15. The van der Waals surface area contributed by atoms with E-state index in [1.807, 2.05) is 6.07 Å². The summed E-state index contributed by atoms with van der Waals surface area (Å²) < 4.78 is 5.47. The van der Waals surface area contributed by atoms with Crippen molar-refractivity contribution in [2.45, 2.75) is 19.3 Å². The van der Waals surface area contributed by atoms with E-state index in [0.717, 1.165) is 11.3 Å². The van der Waals surface area contributed by atoms with Gasteiger partial charge in [-0.2, -0.15) is 0 Å². The first-order chi connectivity index (χ1) is 8.20. The van der Waals surface area contributed by atoms with Gasteiger partial charge in [0, 0.05) is 25.1 Å². The Bertz CT molecular complexity index is 432. The van der Waals surface area contributed by atoms with Gasteiger partial charge in [0.05, 0.1) is 12.3 Å². The quantitative estimate of drug-likeness (QED) is 0.536. The summed E-state index contributed by atoms with van der Waals surface area (Å²) in [6.45, 7) is 0.534. The van der Waals surface area contributed by atoms with E-state index in [1.165, 1.54) is 0 Å². The van der Waals surface area contributed by atoms with Crippen LogP contribution < -0.4 is 15.8 Å². The number of aryl methyl sites for hydroxylation is 1. The van der Waals surface area contributed by atoms with Crippen molar-refractivity contribution in [1.82, 2.24) is 0 Å². The van der Waals surface area contributed by atoms with Crippen LogP contribution in [0.15, 0.2) is 12.1 Å². The second-order valence-electron chi connectivity index (χ2n) is 4.02. The largest absolute Gasteiger partial charge is 0.491 e. The van der Waals surface area contributed by atoms with Crippen LogP contribution in [0.2, 0.25) is 0 Å². The van der Waals surface area contributed by atoms with Crippen molar-refractivity contribution in [1.29, 1.82) is 0 Å². The minimum Gasteiger partial charge on any atom is -0.491 e. The van der Waals surface area contributed by atoms with E-state index < -0.39 is 0 Å². The van der Waals surface area contributed by atoms with Gasteiger partial charge >= 0.3 is 0 Å². The lowest BCUT2D eigenvalue weighted by Crippen LogP contribution is -2.19. The second kappa shape index (κ2) is 5.05. The number of nitrogens with one attached hydrogen (secondary N) is 1. The molecule has 0 atom stereocenters. The first kappa shape index (κ1) is 11.7. The van der Waals surface area contributed by atoms with Crippen molar-refractivity contribution < 1.29 is 14.6 Å². The monoisotopic (exact) mass is 236 g/mol. The van der Waals surface area contributed by atoms with Crippen molar-refractivity contribution in [3.63, 3.8) is 0 Å². The Morgan fingerprint density at radius 1 is 1.41 bits per heavy atom. The Hall–Kier alpha value is -1.75. The molecule has 0 spiro atoms. The lowest BCUT2D eigenvalue weighted by atomic mass is 10.0. The van der Waals surface area contributed by atoms with Gasteiger partial charge in [0.25, 0.3) is 0 Å². The molecule has 5 nitrogen and oxygen atoms in total. The number of aliphatic hydroxyl groups excluding tert-OH is 1. The average molecular weight is 236 g/mol. The lowest BCUT2D eigenvalue weighted by molar-refractivity contribution is -0.116. The molecule has 92 valence electrons. The highest BCUT2D eigenvalue weighted by Gasteiger charge is 2.17. The van der Waals surface area contributed by atoms with E-state index in [-0.39, 0.29) is 12.5 Å². The zero-order valence-corrected chi connectivity index (χ0v) is 9.53. The molecule has 0 fully saturated rings. The summed E-state index contributed by atoms with van der Waals surface area (Å²) in [5, 5.41) is 11.5. The van der Waals surface area contributed by atoms with E-state index in [9.17, 15) is 4.79 Å². The molecule has 0 bridgehead atoms. The zero-order valence-electron chi connectivity index (χ0n) is 9.53. The third-order valence-corrected chi connectivity index (χ3v) is 2.69.